The van der Waals surface area contributed by atoms with E-state index in [1.54, 1.807) is 6.07 Å². The van der Waals surface area contributed by atoms with Crippen LogP contribution in [0, 0.1) is 0 Å². The van der Waals surface area contributed by atoms with Gasteiger partial charge in [-0.05, 0) is 17.7 Å². The molecule has 0 saturated heterocycles. The number of carbonyl (C=O) groups is 2. The van der Waals surface area contributed by atoms with E-state index in [9.17, 15) is 14.7 Å². The van der Waals surface area contributed by atoms with Gasteiger partial charge in [0.1, 0.15) is 12.2 Å². The zero-order valence-corrected chi connectivity index (χ0v) is 8.77. The van der Waals surface area contributed by atoms with Crippen LogP contribution in [0.1, 0.15) is 12.0 Å². The fraction of sp³-hybridized carbons (Fsp3) is 0.273. The lowest BCUT2D eigenvalue weighted by Crippen LogP contribution is -2.09. The van der Waals surface area contributed by atoms with E-state index >= 15 is 0 Å². The Hall–Kier alpha value is -2.04. The molecule has 5 heteroatoms. The molecule has 0 heterocycles. The highest BCUT2D eigenvalue weighted by Gasteiger charge is 2.10. The lowest BCUT2D eigenvalue weighted by molar-refractivity contribution is -0.140. The van der Waals surface area contributed by atoms with Crippen LogP contribution >= 0.6 is 0 Å². The first kappa shape index (κ1) is 12.0. The number of hydrogen-bond donors (Lipinski definition) is 2. The second-order valence-corrected chi connectivity index (χ2v) is 3.29. The molecule has 5 nitrogen and oxygen atoms in total. The minimum absolute atomic E-state index is 0.0167. The van der Waals surface area contributed by atoms with E-state index in [4.69, 9.17) is 9.84 Å². The normalized spacial score (nSPS) is 9.81. The third kappa shape index (κ3) is 3.27. The van der Waals surface area contributed by atoms with Crippen molar-refractivity contribution in [1.82, 2.24) is 0 Å². The van der Waals surface area contributed by atoms with Crippen LogP contribution in [0.25, 0.3) is 0 Å². The van der Waals surface area contributed by atoms with Crippen LogP contribution in [0.15, 0.2) is 18.2 Å². The lowest BCUT2D eigenvalue weighted by Gasteiger charge is -2.05. The standard InChI is InChI=1S/C11H12O5/c1-16-10-5-7(2-3-9(10)13)4-8(12)6-11(14)15/h2-3,5,13H,4,6H2,1H3,(H,14,15). The van der Waals surface area contributed by atoms with Gasteiger partial charge in [0.25, 0.3) is 0 Å². The average molecular weight is 224 g/mol. The summed E-state index contributed by atoms with van der Waals surface area (Å²) in [7, 11) is 1.40. The number of phenols is 1. The monoisotopic (exact) mass is 224 g/mol. The molecule has 0 aromatic heterocycles. The van der Waals surface area contributed by atoms with Crippen molar-refractivity contribution in [3.63, 3.8) is 0 Å². The molecule has 0 unspecified atom stereocenters. The van der Waals surface area contributed by atoms with Crippen LogP contribution in [0.3, 0.4) is 0 Å². The molecule has 0 atom stereocenters. The molecule has 0 amide bonds. The molecule has 0 aliphatic rings. The van der Waals surface area contributed by atoms with Crippen molar-refractivity contribution < 1.29 is 24.5 Å². The fourth-order valence-corrected chi connectivity index (χ4v) is 1.29. The molecule has 0 fully saturated rings. The minimum atomic E-state index is -1.14. The number of phenolic OH excluding ortho intramolecular Hbond substituents is 1. The largest absolute Gasteiger partial charge is 0.504 e. The molecule has 1 aromatic carbocycles. The summed E-state index contributed by atoms with van der Waals surface area (Å²) in [6, 6.07) is 4.47. The molecule has 0 aliphatic heterocycles. The van der Waals surface area contributed by atoms with Crippen molar-refractivity contribution in [2.75, 3.05) is 7.11 Å². The molecular formula is C11H12O5. The molecular weight excluding hydrogens is 212 g/mol. The molecule has 86 valence electrons. The summed E-state index contributed by atoms with van der Waals surface area (Å²) in [5.74, 6) is -1.28. The molecule has 1 rings (SSSR count). The Morgan fingerprint density at radius 2 is 2.06 bits per heavy atom. The SMILES string of the molecule is COc1cc(CC(=O)CC(=O)O)ccc1O. The predicted molar refractivity (Wildman–Crippen MR) is 55.6 cm³/mol. The van der Waals surface area contributed by atoms with Gasteiger partial charge in [0.15, 0.2) is 11.5 Å². The number of aromatic hydroxyl groups is 1. The quantitative estimate of drug-likeness (QED) is 0.728. The van der Waals surface area contributed by atoms with E-state index in [0.29, 0.717) is 5.56 Å². The van der Waals surface area contributed by atoms with Gasteiger partial charge in [0, 0.05) is 6.42 Å². The topological polar surface area (TPSA) is 83.8 Å². The number of ketones is 1. The molecule has 0 saturated carbocycles. The first-order valence-electron chi connectivity index (χ1n) is 4.62. The molecule has 0 aliphatic carbocycles. The summed E-state index contributed by atoms with van der Waals surface area (Å²) in [5.41, 5.74) is 0.612. The maximum atomic E-state index is 11.2. The fourth-order valence-electron chi connectivity index (χ4n) is 1.29. The number of ether oxygens (including phenoxy) is 1. The van der Waals surface area contributed by atoms with Gasteiger partial charge in [0.05, 0.1) is 7.11 Å². The molecule has 0 spiro atoms. The Morgan fingerprint density at radius 3 is 2.62 bits per heavy atom. The summed E-state index contributed by atoms with van der Waals surface area (Å²) in [6.07, 6.45) is -0.480. The summed E-state index contributed by atoms with van der Waals surface area (Å²) in [4.78, 5) is 21.5. The van der Waals surface area contributed by atoms with Gasteiger partial charge in [-0.3, -0.25) is 9.59 Å². The Balaban J connectivity index is 2.74. The van der Waals surface area contributed by atoms with Crippen LogP contribution in [0.2, 0.25) is 0 Å². The van der Waals surface area contributed by atoms with Crippen molar-refractivity contribution in [1.29, 1.82) is 0 Å². The van der Waals surface area contributed by atoms with Crippen LogP contribution in [-0.4, -0.2) is 29.1 Å². The number of Topliss-reactive ketones (excluding diaryl/α,β-unsaturated/α-hetero) is 1. The van der Waals surface area contributed by atoms with Gasteiger partial charge in [-0.1, -0.05) is 6.07 Å². The third-order valence-electron chi connectivity index (χ3n) is 1.99. The number of carbonyl (C=O) groups excluding carboxylic acids is 1. The average Bonchev–Trinajstić information content (AvgIpc) is 2.19. The van der Waals surface area contributed by atoms with Crippen molar-refractivity contribution in [2.24, 2.45) is 0 Å². The van der Waals surface area contributed by atoms with Gasteiger partial charge in [-0.15, -0.1) is 0 Å². The van der Waals surface area contributed by atoms with Crippen molar-refractivity contribution in [3.05, 3.63) is 23.8 Å². The smallest absolute Gasteiger partial charge is 0.310 e. The van der Waals surface area contributed by atoms with E-state index in [0.717, 1.165) is 0 Å². The highest BCUT2D eigenvalue weighted by atomic mass is 16.5. The van der Waals surface area contributed by atoms with Crippen LogP contribution in [0.5, 0.6) is 11.5 Å². The first-order chi connectivity index (χ1) is 7.52. The zero-order chi connectivity index (χ0) is 12.1. The van der Waals surface area contributed by atoms with Gasteiger partial charge >= 0.3 is 5.97 Å². The minimum Gasteiger partial charge on any atom is -0.504 e. The molecule has 0 radical (unpaired) electrons. The highest BCUT2D eigenvalue weighted by molar-refractivity contribution is 5.95. The number of aliphatic carboxylic acids is 1. The third-order valence-corrected chi connectivity index (χ3v) is 1.99. The summed E-state index contributed by atoms with van der Waals surface area (Å²) >= 11 is 0. The van der Waals surface area contributed by atoms with Crippen LogP contribution < -0.4 is 4.74 Å². The van der Waals surface area contributed by atoms with Gasteiger partial charge < -0.3 is 14.9 Å². The van der Waals surface area contributed by atoms with Gasteiger partial charge in [-0.2, -0.15) is 0 Å². The van der Waals surface area contributed by atoms with E-state index in [1.165, 1.54) is 19.2 Å². The van der Waals surface area contributed by atoms with E-state index in [-0.39, 0.29) is 23.7 Å². The van der Waals surface area contributed by atoms with Gasteiger partial charge in [-0.25, -0.2) is 0 Å². The number of hydrogen-bond acceptors (Lipinski definition) is 4. The van der Waals surface area contributed by atoms with Crippen molar-refractivity contribution in [3.8, 4) is 11.5 Å². The zero-order valence-electron chi connectivity index (χ0n) is 8.77. The van der Waals surface area contributed by atoms with Gasteiger partial charge in [0.2, 0.25) is 0 Å². The number of benzene rings is 1. The second kappa shape index (κ2) is 5.16. The second-order valence-electron chi connectivity index (χ2n) is 3.29. The number of carboxylic acids is 1. The van der Waals surface area contributed by atoms with E-state index < -0.39 is 12.4 Å². The Bertz CT molecular complexity index is 411. The maximum absolute atomic E-state index is 11.2. The van der Waals surface area contributed by atoms with E-state index in [1.807, 2.05) is 0 Å². The Kier molecular flexibility index (Phi) is 3.88. The predicted octanol–water partition coefficient (Wildman–Crippen LogP) is 0.987. The van der Waals surface area contributed by atoms with Crippen molar-refractivity contribution >= 4 is 11.8 Å². The first-order valence-corrected chi connectivity index (χ1v) is 4.62. The summed E-state index contributed by atoms with van der Waals surface area (Å²) in [5, 5.41) is 17.7. The van der Waals surface area contributed by atoms with E-state index in [2.05, 4.69) is 0 Å². The summed E-state index contributed by atoms with van der Waals surface area (Å²) in [6.45, 7) is 0. The van der Waals surface area contributed by atoms with Crippen LogP contribution in [-0.2, 0) is 16.0 Å². The maximum Gasteiger partial charge on any atom is 0.310 e. The summed E-state index contributed by atoms with van der Waals surface area (Å²) < 4.78 is 4.87. The lowest BCUT2D eigenvalue weighted by atomic mass is 10.1. The van der Waals surface area contributed by atoms with Crippen LogP contribution in [0.4, 0.5) is 0 Å². The Labute approximate surface area is 92.3 Å². The number of carboxylic acid groups (broad SMARTS) is 1. The van der Waals surface area contributed by atoms with Crippen molar-refractivity contribution in [2.45, 2.75) is 12.8 Å². The molecule has 2 N–H and O–H groups in total. The molecule has 1 aromatic rings. The Morgan fingerprint density at radius 1 is 1.38 bits per heavy atom. The molecule has 0 bridgehead atoms. The number of rotatable bonds is 5. The molecule has 16 heavy (non-hydrogen) atoms. The number of methoxy groups -OCH3 is 1. The highest BCUT2D eigenvalue weighted by Crippen LogP contribution is 2.26.